The number of rotatable bonds is 7. The largest absolute Gasteiger partial charge is 0.379 e. The lowest BCUT2D eigenvalue weighted by molar-refractivity contribution is -0.385. The second-order valence-electron chi connectivity index (χ2n) is 5.00. The molecule has 21 heavy (non-hydrogen) atoms. The first-order valence-electron chi connectivity index (χ1n) is 6.62. The number of likely N-dealkylation sites (N-methyl/N-ethyl adjacent to an activating group) is 1. The molecule has 2 rings (SSSR count). The van der Waals surface area contributed by atoms with Crippen LogP contribution in [-0.2, 0) is 4.74 Å². The number of hydrogen-bond donors (Lipinski definition) is 0. The smallest absolute Gasteiger partial charge is 0.319 e. The molecular weight excluding hydrogens is 298 g/mol. The van der Waals surface area contributed by atoms with E-state index in [2.05, 4.69) is 4.98 Å². The maximum Gasteiger partial charge on any atom is 0.319 e. The predicted octanol–water partition coefficient (Wildman–Crippen LogP) is 2.14. The number of amides is 1. The summed E-state index contributed by atoms with van der Waals surface area (Å²) in [6, 6.07) is 1.30. The Balaban J connectivity index is 1.97. The number of hydrogen-bond acceptors (Lipinski definition) is 5. The third-order valence-electron chi connectivity index (χ3n) is 3.26. The molecule has 1 aromatic rings. The second-order valence-corrected chi connectivity index (χ2v) is 5.36. The lowest BCUT2D eigenvalue weighted by Gasteiger charge is -2.17. The summed E-state index contributed by atoms with van der Waals surface area (Å²) in [4.78, 5) is 27.6. The summed E-state index contributed by atoms with van der Waals surface area (Å²) in [6.07, 6.45) is 3.69. The van der Waals surface area contributed by atoms with Gasteiger partial charge in [0, 0.05) is 26.4 Å². The molecule has 1 fully saturated rings. The van der Waals surface area contributed by atoms with Gasteiger partial charge in [-0.3, -0.25) is 14.9 Å². The van der Waals surface area contributed by atoms with Crippen molar-refractivity contribution in [2.75, 3.05) is 26.8 Å². The number of ether oxygens (including phenoxy) is 1. The molecule has 1 heterocycles. The molecule has 0 saturated heterocycles. The molecule has 1 aliphatic carbocycles. The molecule has 0 atom stereocenters. The summed E-state index contributed by atoms with van der Waals surface area (Å²) in [7, 11) is 1.57. The molecule has 7 nitrogen and oxygen atoms in total. The van der Waals surface area contributed by atoms with E-state index >= 15 is 0 Å². The van der Waals surface area contributed by atoms with Gasteiger partial charge < -0.3 is 9.64 Å². The fourth-order valence-electron chi connectivity index (χ4n) is 1.82. The van der Waals surface area contributed by atoms with Gasteiger partial charge in [0.25, 0.3) is 5.91 Å². The Kier molecular flexibility index (Phi) is 5.08. The number of nitrogens with zero attached hydrogens (tertiary/aromatic N) is 3. The van der Waals surface area contributed by atoms with Crippen molar-refractivity contribution in [1.29, 1.82) is 0 Å². The summed E-state index contributed by atoms with van der Waals surface area (Å²) in [5.41, 5.74) is -0.528. The van der Waals surface area contributed by atoms with Gasteiger partial charge in [-0.2, -0.15) is 0 Å². The van der Waals surface area contributed by atoms with Crippen LogP contribution in [0.4, 0.5) is 5.69 Å². The highest BCUT2D eigenvalue weighted by atomic mass is 35.5. The monoisotopic (exact) mass is 313 g/mol. The van der Waals surface area contributed by atoms with Crippen molar-refractivity contribution < 1.29 is 14.5 Å². The fraction of sp³-hybridized carbons (Fsp3) is 0.538. The highest BCUT2D eigenvalue weighted by Gasteiger charge is 2.27. The number of pyridine rings is 1. The average Bonchev–Trinajstić information content (AvgIpc) is 3.26. The van der Waals surface area contributed by atoms with Crippen LogP contribution in [0.2, 0.25) is 5.15 Å². The third kappa shape index (κ3) is 4.12. The summed E-state index contributed by atoms with van der Waals surface area (Å²) < 4.78 is 5.45. The molecule has 1 saturated carbocycles. The third-order valence-corrected chi connectivity index (χ3v) is 3.54. The van der Waals surface area contributed by atoms with Crippen molar-refractivity contribution in [1.82, 2.24) is 9.88 Å². The molecule has 0 radical (unpaired) electrons. The predicted molar refractivity (Wildman–Crippen MR) is 76.4 cm³/mol. The fourth-order valence-corrected chi connectivity index (χ4v) is 2.05. The summed E-state index contributed by atoms with van der Waals surface area (Å²) in [5, 5.41) is 10.7. The molecule has 0 N–H and O–H groups in total. The van der Waals surface area contributed by atoms with Gasteiger partial charge in [-0.25, -0.2) is 4.98 Å². The van der Waals surface area contributed by atoms with Crippen LogP contribution in [0, 0.1) is 16.0 Å². The number of carbonyl (C=O) groups is 1. The number of halogens is 1. The lowest BCUT2D eigenvalue weighted by atomic mass is 10.2. The van der Waals surface area contributed by atoms with Gasteiger partial charge in [-0.1, -0.05) is 11.6 Å². The van der Waals surface area contributed by atoms with Crippen molar-refractivity contribution in [3.63, 3.8) is 0 Å². The first kappa shape index (κ1) is 15.7. The van der Waals surface area contributed by atoms with Crippen LogP contribution >= 0.6 is 11.6 Å². The van der Waals surface area contributed by atoms with Gasteiger partial charge in [-0.15, -0.1) is 0 Å². The molecule has 0 unspecified atom stereocenters. The first-order valence-corrected chi connectivity index (χ1v) is 7.00. The zero-order valence-electron chi connectivity index (χ0n) is 11.6. The Labute approximate surface area is 127 Å². The summed E-state index contributed by atoms with van der Waals surface area (Å²) in [6.45, 7) is 1.48. The number of nitro groups is 1. The van der Waals surface area contributed by atoms with E-state index < -0.39 is 16.5 Å². The van der Waals surface area contributed by atoms with Gasteiger partial charge in [0.05, 0.1) is 11.5 Å². The van der Waals surface area contributed by atoms with Gasteiger partial charge in [0.1, 0.15) is 5.56 Å². The van der Waals surface area contributed by atoms with E-state index in [-0.39, 0.29) is 10.7 Å². The summed E-state index contributed by atoms with van der Waals surface area (Å²) in [5.74, 6) is 0.187. The van der Waals surface area contributed by atoms with Crippen molar-refractivity contribution in [2.24, 2.45) is 5.92 Å². The number of aromatic nitrogens is 1. The molecule has 1 amide bonds. The van der Waals surface area contributed by atoms with E-state index in [0.717, 1.165) is 0 Å². The van der Waals surface area contributed by atoms with Crippen molar-refractivity contribution in [3.05, 3.63) is 33.1 Å². The SMILES string of the molecule is CN(CCOCC1CC1)C(=O)c1ccnc(Cl)c1[N+](=O)[O-]. The van der Waals surface area contributed by atoms with E-state index in [1.165, 1.54) is 30.0 Å². The Morgan fingerprint density at radius 1 is 1.62 bits per heavy atom. The van der Waals surface area contributed by atoms with E-state index in [0.29, 0.717) is 25.7 Å². The highest BCUT2D eigenvalue weighted by molar-refractivity contribution is 6.32. The minimum atomic E-state index is -0.694. The zero-order chi connectivity index (χ0) is 15.4. The van der Waals surface area contributed by atoms with Gasteiger partial charge in [0.15, 0.2) is 0 Å². The maximum absolute atomic E-state index is 12.2. The van der Waals surface area contributed by atoms with Crippen molar-refractivity contribution in [2.45, 2.75) is 12.8 Å². The van der Waals surface area contributed by atoms with Gasteiger partial charge in [-0.05, 0) is 24.8 Å². The molecule has 0 spiro atoms. The Bertz CT molecular complexity index is 548. The van der Waals surface area contributed by atoms with Crippen molar-refractivity contribution >= 4 is 23.2 Å². The molecule has 1 aliphatic rings. The van der Waals surface area contributed by atoms with E-state index in [1.54, 1.807) is 7.05 Å². The molecule has 8 heteroatoms. The molecule has 0 aromatic carbocycles. The van der Waals surface area contributed by atoms with E-state index in [4.69, 9.17) is 16.3 Å². The Hall–Kier alpha value is -1.73. The molecule has 0 bridgehead atoms. The normalized spacial score (nSPS) is 14.0. The molecule has 1 aromatic heterocycles. The first-order chi connectivity index (χ1) is 10.0. The average molecular weight is 314 g/mol. The quantitative estimate of drug-likeness (QED) is 0.333. The van der Waals surface area contributed by atoms with Gasteiger partial charge in [0.2, 0.25) is 5.15 Å². The topological polar surface area (TPSA) is 85.6 Å². The number of carbonyl (C=O) groups excluding carboxylic acids is 1. The minimum absolute atomic E-state index is 0.0651. The van der Waals surface area contributed by atoms with E-state index in [9.17, 15) is 14.9 Å². The molecular formula is C13H16ClN3O4. The second kappa shape index (κ2) is 6.82. The van der Waals surface area contributed by atoms with Crippen LogP contribution in [0.1, 0.15) is 23.2 Å². The van der Waals surface area contributed by atoms with Crippen LogP contribution in [0.25, 0.3) is 0 Å². The molecule has 0 aliphatic heterocycles. The van der Waals surface area contributed by atoms with Crippen LogP contribution < -0.4 is 0 Å². The van der Waals surface area contributed by atoms with Crippen LogP contribution in [0.15, 0.2) is 12.3 Å². The van der Waals surface area contributed by atoms with Crippen LogP contribution in [-0.4, -0.2) is 47.5 Å². The Morgan fingerprint density at radius 2 is 2.33 bits per heavy atom. The molecule has 114 valence electrons. The summed E-state index contributed by atoms with van der Waals surface area (Å²) >= 11 is 5.69. The van der Waals surface area contributed by atoms with Crippen molar-refractivity contribution in [3.8, 4) is 0 Å². The van der Waals surface area contributed by atoms with Gasteiger partial charge >= 0.3 is 5.69 Å². The maximum atomic E-state index is 12.2. The Morgan fingerprint density at radius 3 is 2.95 bits per heavy atom. The van der Waals surface area contributed by atoms with Crippen LogP contribution in [0.5, 0.6) is 0 Å². The van der Waals surface area contributed by atoms with E-state index in [1.807, 2.05) is 0 Å². The standard InChI is InChI=1S/C13H16ClN3O4/c1-16(6-7-21-8-9-2-3-9)13(18)10-4-5-15-12(14)11(10)17(19)20/h4-5,9H,2-3,6-8H2,1H3. The zero-order valence-corrected chi connectivity index (χ0v) is 12.4. The minimum Gasteiger partial charge on any atom is -0.379 e. The highest BCUT2D eigenvalue weighted by Crippen LogP contribution is 2.29. The van der Waals surface area contributed by atoms with Crippen LogP contribution in [0.3, 0.4) is 0 Å². The lowest BCUT2D eigenvalue weighted by Crippen LogP contribution is -2.31.